The van der Waals surface area contributed by atoms with Crippen molar-refractivity contribution in [2.75, 3.05) is 4.90 Å². The standard InChI is InChI=1S/C26H27F2N5O2/c1-14(2)13-32-25-21(10-17(12-29-25)24-15(3)31-35-16(24)4)30-26(32)22-6-5-7-23(34)33(22)18-8-9-19(27)20(28)11-18/h8-12,14,22H,5-7,13H2,1-4H3/t22-/m0/s1. The molecule has 0 saturated carbocycles. The number of imidazole rings is 1. The Balaban J connectivity index is 1.66. The van der Waals surface area contributed by atoms with Gasteiger partial charge in [-0.05, 0) is 50.8 Å². The minimum atomic E-state index is -0.985. The van der Waals surface area contributed by atoms with E-state index in [1.807, 2.05) is 24.5 Å². The molecule has 7 nitrogen and oxygen atoms in total. The fourth-order valence-electron chi connectivity index (χ4n) is 4.93. The summed E-state index contributed by atoms with van der Waals surface area (Å²) in [5, 5.41) is 4.04. The average molecular weight is 480 g/mol. The Hall–Kier alpha value is -3.62. The van der Waals surface area contributed by atoms with Crippen LogP contribution in [0.1, 0.15) is 56.4 Å². The number of hydrogen-bond donors (Lipinski definition) is 0. The number of aryl methyl sites for hydroxylation is 2. The number of hydrogen-bond acceptors (Lipinski definition) is 5. The van der Waals surface area contributed by atoms with Gasteiger partial charge in [-0.15, -0.1) is 0 Å². The van der Waals surface area contributed by atoms with Crippen LogP contribution in [0.4, 0.5) is 14.5 Å². The van der Waals surface area contributed by atoms with Gasteiger partial charge in [-0.2, -0.15) is 0 Å². The molecule has 0 aliphatic carbocycles. The van der Waals surface area contributed by atoms with Gasteiger partial charge in [-0.3, -0.25) is 4.79 Å². The number of carbonyl (C=O) groups is 1. The maximum Gasteiger partial charge on any atom is 0.227 e. The first-order chi connectivity index (χ1) is 16.7. The topological polar surface area (TPSA) is 77.0 Å². The van der Waals surface area contributed by atoms with Crippen molar-refractivity contribution in [2.24, 2.45) is 5.92 Å². The lowest BCUT2D eigenvalue weighted by molar-refractivity contribution is -0.120. The SMILES string of the molecule is Cc1noc(C)c1-c1cnc2c(c1)nc([C@@H]1CCCC(=O)N1c1ccc(F)c(F)c1)n2CC(C)C. The molecule has 1 amide bonds. The molecule has 5 rings (SSSR count). The molecule has 0 radical (unpaired) electrons. The summed E-state index contributed by atoms with van der Waals surface area (Å²) >= 11 is 0. The Morgan fingerprint density at radius 1 is 1.17 bits per heavy atom. The number of anilines is 1. The summed E-state index contributed by atoms with van der Waals surface area (Å²) in [6.45, 7) is 8.60. The van der Waals surface area contributed by atoms with Gasteiger partial charge in [0.25, 0.3) is 0 Å². The van der Waals surface area contributed by atoms with Gasteiger partial charge in [0.15, 0.2) is 17.3 Å². The van der Waals surface area contributed by atoms with Gasteiger partial charge in [0.2, 0.25) is 5.91 Å². The van der Waals surface area contributed by atoms with E-state index in [0.717, 1.165) is 29.0 Å². The highest BCUT2D eigenvalue weighted by Gasteiger charge is 2.35. The van der Waals surface area contributed by atoms with Crippen LogP contribution in [0, 0.1) is 31.4 Å². The number of nitrogens with zero attached hydrogens (tertiary/aromatic N) is 5. The Bertz CT molecular complexity index is 1410. The van der Waals surface area contributed by atoms with Crippen LogP contribution in [0.2, 0.25) is 0 Å². The lowest BCUT2D eigenvalue weighted by atomic mass is 9.99. The number of amides is 1. The zero-order valence-corrected chi connectivity index (χ0v) is 20.2. The summed E-state index contributed by atoms with van der Waals surface area (Å²) in [4.78, 5) is 24.3. The molecule has 1 aliphatic rings. The smallest absolute Gasteiger partial charge is 0.227 e. The second kappa shape index (κ2) is 8.87. The first-order valence-electron chi connectivity index (χ1n) is 11.8. The van der Waals surface area contributed by atoms with Crippen molar-refractivity contribution in [3.05, 3.63) is 59.4 Å². The number of pyridine rings is 1. The van der Waals surface area contributed by atoms with Crippen LogP contribution in [-0.2, 0) is 11.3 Å². The minimum Gasteiger partial charge on any atom is -0.361 e. The van der Waals surface area contributed by atoms with Crippen molar-refractivity contribution in [1.82, 2.24) is 19.7 Å². The summed E-state index contributed by atoms with van der Waals surface area (Å²) in [6.07, 6.45) is 3.47. The molecule has 3 aromatic heterocycles. The maximum absolute atomic E-state index is 14.1. The molecule has 4 aromatic rings. The molecule has 9 heteroatoms. The Kier molecular flexibility index (Phi) is 5.86. The van der Waals surface area contributed by atoms with Crippen LogP contribution >= 0.6 is 0 Å². The zero-order chi connectivity index (χ0) is 24.9. The first kappa shape index (κ1) is 23.1. The second-order valence-corrected chi connectivity index (χ2v) is 9.51. The largest absolute Gasteiger partial charge is 0.361 e. The number of halogens is 2. The third kappa shape index (κ3) is 4.09. The fourth-order valence-corrected chi connectivity index (χ4v) is 4.93. The zero-order valence-electron chi connectivity index (χ0n) is 20.2. The van der Waals surface area contributed by atoms with E-state index in [1.54, 1.807) is 11.1 Å². The quantitative estimate of drug-likeness (QED) is 0.356. The van der Waals surface area contributed by atoms with E-state index in [9.17, 15) is 13.6 Å². The van der Waals surface area contributed by atoms with Crippen LogP contribution in [-0.4, -0.2) is 25.6 Å². The number of aromatic nitrogens is 4. The van der Waals surface area contributed by atoms with E-state index >= 15 is 0 Å². The first-order valence-corrected chi connectivity index (χ1v) is 11.8. The predicted molar refractivity (Wildman–Crippen MR) is 128 cm³/mol. The molecule has 1 aromatic carbocycles. The number of piperidine rings is 1. The van der Waals surface area contributed by atoms with Crippen LogP contribution in [0.25, 0.3) is 22.3 Å². The van der Waals surface area contributed by atoms with E-state index in [4.69, 9.17) is 14.5 Å². The molecule has 1 atom stereocenters. The highest BCUT2D eigenvalue weighted by atomic mass is 19.2. The van der Waals surface area contributed by atoms with Crippen molar-refractivity contribution in [3.8, 4) is 11.1 Å². The normalized spacial score (nSPS) is 16.6. The maximum atomic E-state index is 14.1. The highest BCUT2D eigenvalue weighted by molar-refractivity contribution is 5.95. The van der Waals surface area contributed by atoms with Crippen LogP contribution < -0.4 is 4.90 Å². The fraction of sp³-hybridized carbons (Fsp3) is 0.385. The van der Waals surface area contributed by atoms with Gasteiger partial charge < -0.3 is 14.0 Å². The third-order valence-corrected chi connectivity index (χ3v) is 6.41. The van der Waals surface area contributed by atoms with Crippen molar-refractivity contribution in [1.29, 1.82) is 0 Å². The predicted octanol–water partition coefficient (Wildman–Crippen LogP) is 5.90. The van der Waals surface area contributed by atoms with E-state index < -0.39 is 17.7 Å². The van der Waals surface area contributed by atoms with E-state index in [1.165, 1.54) is 6.07 Å². The van der Waals surface area contributed by atoms with Gasteiger partial charge in [0, 0.05) is 42.0 Å². The minimum absolute atomic E-state index is 0.139. The van der Waals surface area contributed by atoms with Gasteiger partial charge in [-0.25, -0.2) is 18.7 Å². The van der Waals surface area contributed by atoms with E-state index in [0.29, 0.717) is 60.2 Å². The van der Waals surface area contributed by atoms with Gasteiger partial charge >= 0.3 is 0 Å². The number of benzene rings is 1. The molecule has 0 unspecified atom stereocenters. The molecule has 0 N–H and O–H groups in total. The molecule has 182 valence electrons. The monoisotopic (exact) mass is 479 g/mol. The molecule has 0 spiro atoms. The molecular formula is C26H27F2N5O2. The summed E-state index contributed by atoms with van der Waals surface area (Å²) in [7, 11) is 0. The van der Waals surface area contributed by atoms with Crippen molar-refractivity contribution < 1.29 is 18.1 Å². The Labute approximate surface area is 201 Å². The lowest BCUT2D eigenvalue weighted by Gasteiger charge is -2.35. The molecule has 1 aliphatic heterocycles. The summed E-state index contributed by atoms with van der Waals surface area (Å²) in [5.41, 5.74) is 4.25. The Morgan fingerprint density at radius 2 is 1.97 bits per heavy atom. The number of carbonyl (C=O) groups excluding carboxylic acids is 1. The van der Waals surface area contributed by atoms with Crippen molar-refractivity contribution in [3.63, 3.8) is 0 Å². The number of rotatable bonds is 5. The summed E-state index contributed by atoms with van der Waals surface area (Å²) in [6, 6.07) is 5.11. The number of fused-ring (bicyclic) bond motifs is 1. The van der Waals surface area contributed by atoms with E-state index in [-0.39, 0.29) is 5.91 Å². The van der Waals surface area contributed by atoms with Crippen molar-refractivity contribution in [2.45, 2.75) is 59.5 Å². The molecule has 35 heavy (non-hydrogen) atoms. The van der Waals surface area contributed by atoms with E-state index in [2.05, 4.69) is 19.0 Å². The molecule has 0 bridgehead atoms. The highest BCUT2D eigenvalue weighted by Crippen LogP contribution is 2.38. The molecular weight excluding hydrogens is 452 g/mol. The second-order valence-electron chi connectivity index (χ2n) is 9.51. The van der Waals surface area contributed by atoms with Gasteiger partial charge in [0.1, 0.15) is 17.1 Å². The van der Waals surface area contributed by atoms with Crippen LogP contribution in [0.5, 0.6) is 0 Å². The third-order valence-electron chi connectivity index (χ3n) is 6.41. The average Bonchev–Trinajstić information content (AvgIpc) is 3.34. The lowest BCUT2D eigenvalue weighted by Crippen LogP contribution is -2.39. The summed E-state index contributed by atoms with van der Waals surface area (Å²) in [5.74, 6) is -0.382. The van der Waals surface area contributed by atoms with Crippen LogP contribution in [0.3, 0.4) is 0 Å². The molecule has 1 fully saturated rings. The van der Waals surface area contributed by atoms with Gasteiger partial charge in [-0.1, -0.05) is 19.0 Å². The summed E-state index contributed by atoms with van der Waals surface area (Å²) < 4.78 is 35.1. The molecule has 1 saturated heterocycles. The van der Waals surface area contributed by atoms with Crippen molar-refractivity contribution >= 4 is 22.8 Å². The Morgan fingerprint density at radius 3 is 2.66 bits per heavy atom. The van der Waals surface area contributed by atoms with Gasteiger partial charge in [0.05, 0.1) is 11.7 Å². The van der Waals surface area contributed by atoms with Crippen LogP contribution in [0.15, 0.2) is 35.0 Å². The molecule has 4 heterocycles.